The molecule has 88 valence electrons. The van der Waals surface area contributed by atoms with E-state index in [1.807, 2.05) is 0 Å². The predicted molar refractivity (Wildman–Crippen MR) is 66.5 cm³/mol. The van der Waals surface area contributed by atoms with Crippen LogP contribution >= 0.6 is 0 Å². The monoisotopic (exact) mass is 220 g/mol. The normalized spacial score (nSPS) is 11.2. The number of hydrogen-bond acceptors (Lipinski definition) is 1. The molecular weight excluding hydrogens is 200 g/mol. The van der Waals surface area contributed by atoms with Gasteiger partial charge in [0, 0.05) is 12.0 Å². The van der Waals surface area contributed by atoms with E-state index in [-0.39, 0.29) is 5.41 Å². The number of carbonyl (C=O) groups excluding carboxylic acids is 1. The standard InChI is InChI=1S/C13H20N2O/c1-9-5-6-10(2)11(7-9)13(3,4)8-15-12(14)16/h5-7H,8H2,1-4H3,(H3,14,15,16). The maximum Gasteiger partial charge on any atom is 0.312 e. The summed E-state index contributed by atoms with van der Waals surface area (Å²) in [5, 5.41) is 2.67. The van der Waals surface area contributed by atoms with Crippen LogP contribution in [0, 0.1) is 13.8 Å². The molecule has 16 heavy (non-hydrogen) atoms. The first kappa shape index (κ1) is 12.6. The molecule has 0 fully saturated rings. The summed E-state index contributed by atoms with van der Waals surface area (Å²) < 4.78 is 0. The molecule has 0 atom stereocenters. The minimum atomic E-state index is -0.474. The molecule has 3 N–H and O–H groups in total. The molecule has 0 unspecified atom stereocenters. The van der Waals surface area contributed by atoms with Crippen molar-refractivity contribution in [3.8, 4) is 0 Å². The van der Waals surface area contributed by atoms with E-state index in [1.165, 1.54) is 16.7 Å². The van der Waals surface area contributed by atoms with Gasteiger partial charge in [-0.05, 0) is 25.0 Å². The Bertz CT molecular complexity index is 397. The fourth-order valence-electron chi connectivity index (χ4n) is 1.87. The van der Waals surface area contributed by atoms with Crippen molar-refractivity contribution in [3.63, 3.8) is 0 Å². The lowest BCUT2D eigenvalue weighted by molar-refractivity contribution is 0.246. The second-order valence-electron chi connectivity index (χ2n) is 4.92. The topological polar surface area (TPSA) is 55.1 Å². The Hall–Kier alpha value is -1.51. The number of aryl methyl sites for hydroxylation is 2. The number of amides is 2. The van der Waals surface area contributed by atoms with Crippen molar-refractivity contribution in [1.29, 1.82) is 0 Å². The molecule has 0 heterocycles. The molecule has 0 spiro atoms. The highest BCUT2D eigenvalue weighted by molar-refractivity contribution is 5.71. The number of benzene rings is 1. The number of hydrogen-bond donors (Lipinski definition) is 2. The molecular formula is C13H20N2O. The van der Waals surface area contributed by atoms with Gasteiger partial charge < -0.3 is 11.1 Å². The van der Waals surface area contributed by atoms with E-state index in [2.05, 4.69) is 51.2 Å². The van der Waals surface area contributed by atoms with Crippen LogP contribution < -0.4 is 11.1 Å². The number of carbonyl (C=O) groups is 1. The van der Waals surface area contributed by atoms with Gasteiger partial charge in [-0.2, -0.15) is 0 Å². The van der Waals surface area contributed by atoms with Crippen molar-refractivity contribution in [2.24, 2.45) is 5.73 Å². The summed E-state index contributed by atoms with van der Waals surface area (Å²) in [5.41, 5.74) is 8.71. The van der Waals surface area contributed by atoms with E-state index < -0.39 is 6.03 Å². The van der Waals surface area contributed by atoms with Crippen LogP contribution in [0.4, 0.5) is 4.79 Å². The minimum Gasteiger partial charge on any atom is -0.352 e. The first-order valence-corrected chi connectivity index (χ1v) is 5.44. The third kappa shape index (κ3) is 2.99. The predicted octanol–water partition coefficient (Wildman–Crippen LogP) is 2.25. The van der Waals surface area contributed by atoms with E-state index in [0.717, 1.165) is 0 Å². The molecule has 1 rings (SSSR count). The fraction of sp³-hybridized carbons (Fsp3) is 0.462. The van der Waals surface area contributed by atoms with Crippen LogP contribution in [0.25, 0.3) is 0 Å². The quantitative estimate of drug-likeness (QED) is 0.806. The average molecular weight is 220 g/mol. The second-order valence-corrected chi connectivity index (χ2v) is 4.92. The molecule has 0 saturated carbocycles. The average Bonchev–Trinajstić information content (AvgIpc) is 2.19. The van der Waals surface area contributed by atoms with E-state index in [0.29, 0.717) is 6.54 Å². The molecule has 0 aliphatic heterocycles. The first-order valence-electron chi connectivity index (χ1n) is 5.44. The van der Waals surface area contributed by atoms with Gasteiger partial charge in [-0.15, -0.1) is 0 Å². The van der Waals surface area contributed by atoms with Crippen LogP contribution in [0.2, 0.25) is 0 Å². The first-order chi connectivity index (χ1) is 7.33. The fourth-order valence-corrected chi connectivity index (χ4v) is 1.87. The lowest BCUT2D eigenvalue weighted by Crippen LogP contribution is -2.39. The third-order valence-electron chi connectivity index (χ3n) is 2.83. The van der Waals surface area contributed by atoms with Gasteiger partial charge in [-0.3, -0.25) is 0 Å². The van der Waals surface area contributed by atoms with Gasteiger partial charge >= 0.3 is 6.03 Å². The molecule has 0 bridgehead atoms. The van der Waals surface area contributed by atoms with E-state index in [9.17, 15) is 4.79 Å². The Morgan fingerprint density at radius 1 is 1.38 bits per heavy atom. The Kier molecular flexibility index (Phi) is 3.58. The van der Waals surface area contributed by atoms with Crippen LogP contribution in [0.15, 0.2) is 18.2 Å². The van der Waals surface area contributed by atoms with E-state index in [4.69, 9.17) is 5.73 Å². The van der Waals surface area contributed by atoms with Crippen molar-refractivity contribution >= 4 is 6.03 Å². The van der Waals surface area contributed by atoms with Gasteiger partial charge in [0.1, 0.15) is 0 Å². The number of urea groups is 1. The van der Waals surface area contributed by atoms with Crippen LogP contribution in [0.1, 0.15) is 30.5 Å². The van der Waals surface area contributed by atoms with Crippen molar-refractivity contribution in [2.45, 2.75) is 33.1 Å². The van der Waals surface area contributed by atoms with Crippen LogP contribution in [-0.2, 0) is 5.41 Å². The largest absolute Gasteiger partial charge is 0.352 e. The van der Waals surface area contributed by atoms with Crippen LogP contribution in [0.3, 0.4) is 0 Å². The Labute approximate surface area is 97.0 Å². The molecule has 3 nitrogen and oxygen atoms in total. The Morgan fingerprint density at radius 2 is 2.00 bits per heavy atom. The molecule has 0 saturated heterocycles. The highest BCUT2D eigenvalue weighted by Gasteiger charge is 2.22. The van der Waals surface area contributed by atoms with E-state index in [1.54, 1.807) is 0 Å². The maximum absolute atomic E-state index is 10.7. The van der Waals surface area contributed by atoms with Gasteiger partial charge in [0.2, 0.25) is 0 Å². The third-order valence-corrected chi connectivity index (χ3v) is 2.83. The second kappa shape index (κ2) is 4.56. The van der Waals surface area contributed by atoms with Gasteiger partial charge in [-0.1, -0.05) is 37.6 Å². The van der Waals surface area contributed by atoms with Gasteiger partial charge in [-0.25, -0.2) is 4.79 Å². The molecule has 1 aromatic rings. The summed E-state index contributed by atoms with van der Waals surface area (Å²) >= 11 is 0. The molecule has 1 aromatic carbocycles. The van der Waals surface area contributed by atoms with Crippen LogP contribution in [0.5, 0.6) is 0 Å². The zero-order chi connectivity index (χ0) is 12.3. The number of rotatable bonds is 3. The summed E-state index contributed by atoms with van der Waals surface area (Å²) in [7, 11) is 0. The molecule has 0 aliphatic carbocycles. The van der Waals surface area contributed by atoms with Crippen molar-refractivity contribution in [3.05, 3.63) is 34.9 Å². The van der Waals surface area contributed by atoms with Crippen LogP contribution in [-0.4, -0.2) is 12.6 Å². The zero-order valence-corrected chi connectivity index (χ0v) is 10.4. The highest BCUT2D eigenvalue weighted by atomic mass is 16.2. The van der Waals surface area contributed by atoms with Gasteiger partial charge in [0.25, 0.3) is 0 Å². The summed E-state index contributed by atoms with van der Waals surface area (Å²) in [4.78, 5) is 10.7. The molecule has 0 radical (unpaired) electrons. The maximum atomic E-state index is 10.7. The number of primary amides is 1. The lowest BCUT2D eigenvalue weighted by Gasteiger charge is -2.27. The van der Waals surface area contributed by atoms with Crippen molar-refractivity contribution in [1.82, 2.24) is 5.32 Å². The Morgan fingerprint density at radius 3 is 2.56 bits per heavy atom. The van der Waals surface area contributed by atoms with E-state index >= 15 is 0 Å². The smallest absolute Gasteiger partial charge is 0.312 e. The summed E-state index contributed by atoms with van der Waals surface area (Å²) in [6, 6.07) is 5.89. The lowest BCUT2D eigenvalue weighted by atomic mass is 9.81. The zero-order valence-electron chi connectivity index (χ0n) is 10.4. The summed E-state index contributed by atoms with van der Waals surface area (Å²) in [5.74, 6) is 0. The number of nitrogens with one attached hydrogen (secondary N) is 1. The molecule has 3 heteroatoms. The highest BCUT2D eigenvalue weighted by Crippen LogP contribution is 2.26. The Balaban J connectivity index is 2.96. The molecule has 0 aliphatic rings. The van der Waals surface area contributed by atoms with Crippen molar-refractivity contribution in [2.75, 3.05) is 6.54 Å². The van der Waals surface area contributed by atoms with Gasteiger partial charge in [0.15, 0.2) is 0 Å². The van der Waals surface area contributed by atoms with Crippen molar-refractivity contribution < 1.29 is 4.79 Å². The molecule has 0 aromatic heterocycles. The van der Waals surface area contributed by atoms with Gasteiger partial charge in [0.05, 0.1) is 0 Å². The number of nitrogens with two attached hydrogens (primary N) is 1. The minimum absolute atomic E-state index is 0.106. The summed E-state index contributed by atoms with van der Waals surface area (Å²) in [6.07, 6.45) is 0. The summed E-state index contributed by atoms with van der Waals surface area (Å²) in [6.45, 7) is 8.91. The SMILES string of the molecule is Cc1ccc(C)c(C(C)(C)CNC(N)=O)c1. The molecule has 2 amide bonds.